The standard InChI is InChI=1S/C27H30N6O4S/c28-27(29)33-11-12-37-21(17-33)16-31-26(34)25(14-20-15-30-24-8-4-3-7-23(20)24)32-38(35,36)22-10-9-18-5-1-2-6-19(18)13-22/h1-10,13,15,21,25,30,32H,11-12,14,16-17H2,(H3,28,29)(H,31,34)/t21-,25?/m1/s1. The Balaban J connectivity index is 1.37. The number of para-hydroxylation sites is 1. The lowest BCUT2D eigenvalue weighted by Crippen LogP contribution is -2.54. The van der Waals surface area contributed by atoms with Crippen LogP contribution in [0.1, 0.15) is 5.56 Å². The molecule has 0 bridgehead atoms. The molecule has 4 aromatic rings. The highest BCUT2D eigenvalue weighted by molar-refractivity contribution is 7.89. The van der Waals surface area contributed by atoms with Gasteiger partial charge in [-0.1, -0.05) is 48.5 Å². The number of morpholine rings is 1. The smallest absolute Gasteiger partial charge is 0.241 e. The molecule has 2 atom stereocenters. The van der Waals surface area contributed by atoms with Gasteiger partial charge in [0.05, 0.1) is 17.6 Å². The summed E-state index contributed by atoms with van der Waals surface area (Å²) in [6.07, 6.45) is 1.57. The minimum absolute atomic E-state index is 0.0509. The molecule has 10 nitrogen and oxygen atoms in total. The Bertz CT molecular complexity index is 1580. The number of hydrogen-bond acceptors (Lipinski definition) is 5. The summed E-state index contributed by atoms with van der Waals surface area (Å²) in [4.78, 5) is 18.3. The molecule has 1 amide bonds. The van der Waals surface area contributed by atoms with E-state index in [9.17, 15) is 13.2 Å². The quantitative estimate of drug-likeness (QED) is 0.172. The van der Waals surface area contributed by atoms with Crippen LogP contribution < -0.4 is 15.8 Å². The van der Waals surface area contributed by atoms with Crippen molar-refractivity contribution in [2.24, 2.45) is 5.73 Å². The van der Waals surface area contributed by atoms with Crippen molar-refractivity contribution in [2.75, 3.05) is 26.2 Å². The number of aromatic amines is 1. The zero-order valence-electron chi connectivity index (χ0n) is 20.7. The summed E-state index contributed by atoms with van der Waals surface area (Å²) in [6, 6.07) is 19.0. The van der Waals surface area contributed by atoms with Gasteiger partial charge in [0, 0.05) is 36.7 Å². The van der Waals surface area contributed by atoms with E-state index in [1.165, 1.54) is 6.07 Å². The summed E-state index contributed by atoms with van der Waals surface area (Å²) in [5.74, 6) is -0.520. The molecule has 5 rings (SSSR count). The molecule has 38 heavy (non-hydrogen) atoms. The number of guanidine groups is 1. The first kappa shape index (κ1) is 25.7. The molecule has 1 saturated heterocycles. The van der Waals surface area contributed by atoms with E-state index >= 15 is 0 Å². The summed E-state index contributed by atoms with van der Waals surface area (Å²) < 4.78 is 35.2. The lowest BCUT2D eigenvalue weighted by Gasteiger charge is -2.33. The molecular formula is C27H30N6O4S. The van der Waals surface area contributed by atoms with Crippen LogP contribution >= 0.6 is 0 Å². The van der Waals surface area contributed by atoms with Crippen LogP contribution in [-0.2, 0) is 26.0 Å². The van der Waals surface area contributed by atoms with Gasteiger partial charge in [-0.15, -0.1) is 0 Å². The van der Waals surface area contributed by atoms with E-state index in [4.69, 9.17) is 15.9 Å². The predicted molar refractivity (Wildman–Crippen MR) is 146 cm³/mol. The number of H-pyrrole nitrogens is 1. The number of nitrogens with zero attached hydrogens (tertiary/aromatic N) is 1. The van der Waals surface area contributed by atoms with Crippen molar-refractivity contribution in [3.05, 3.63) is 78.5 Å². The highest BCUT2D eigenvalue weighted by atomic mass is 32.2. The monoisotopic (exact) mass is 534 g/mol. The van der Waals surface area contributed by atoms with Crippen LogP contribution in [0.3, 0.4) is 0 Å². The third kappa shape index (κ3) is 5.64. The van der Waals surface area contributed by atoms with Gasteiger partial charge < -0.3 is 25.7 Å². The highest BCUT2D eigenvalue weighted by Crippen LogP contribution is 2.22. The summed E-state index contributed by atoms with van der Waals surface area (Å²) in [5, 5.41) is 13.1. The number of carbonyl (C=O) groups is 1. The molecule has 0 aliphatic carbocycles. The van der Waals surface area contributed by atoms with Gasteiger partial charge in [0.15, 0.2) is 5.96 Å². The van der Waals surface area contributed by atoms with Gasteiger partial charge in [-0.3, -0.25) is 10.2 Å². The zero-order chi connectivity index (χ0) is 26.7. The molecule has 0 saturated carbocycles. The Kier molecular flexibility index (Phi) is 7.32. The van der Waals surface area contributed by atoms with Gasteiger partial charge >= 0.3 is 0 Å². The number of nitrogens with one attached hydrogen (secondary N) is 4. The number of ether oxygens (including phenoxy) is 1. The number of benzene rings is 3. The number of hydrogen-bond donors (Lipinski definition) is 5. The number of sulfonamides is 1. The lowest BCUT2D eigenvalue weighted by atomic mass is 10.0. The molecule has 1 fully saturated rings. The Labute approximate surface area is 220 Å². The lowest BCUT2D eigenvalue weighted by molar-refractivity contribution is -0.123. The highest BCUT2D eigenvalue weighted by Gasteiger charge is 2.29. The molecule has 11 heteroatoms. The van der Waals surface area contributed by atoms with E-state index in [1.54, 1.807) is 23.2 Å². The Hall–Kier alpha value is -3.93. The number of fused-ring (bicyclic) bond motifs is 2. The number of aromatic nitrogens is 1. The van der Waals surface area contributed by atoms with Crippen molar-refractivity contribution >= 4 is 43.6 Å². The first-order valence-electron chi connectivity index (χ1n) is 12.3. The maximum Gasteiger partial charge on any atom is 0.241 e. The average Bonchev–Trinajstić information content (AvgIpc) is 3.34. The van der Waals surface area contributed by atoms with E-state index in [0.717, 1.165) is 27.2 Å². The number of amides is 1. The van der Waals surface area contributed by atoms with Crippen LogP contribution in [0.25, 0.3) is 21.7 Å². The minimum Gasteiger partial charge on any atom is -0.373 e. The number of rotatable bonds is 8. The Morgan fingerprint density at radius 1 is 1.13 bits per heavy atom. The molecule has 1 aliphatic heterocycles. The second-order valence-corrected chi connectivity index (χ2v) is 11.0. The predicted octanol–water partition coefficient (Wildman–Crippen LogP) is 1.92. The molecule has 2 heterocycles. The Morgan fingerprint density at radius 2 is 1.89 bits per heavy atom. The summed E-state index contributed by atoms with van der Waals surface area (Å²) in [6.45, 7) is 1.41. The SMILES string of the molecule is N=C(N)N1CCO[C@H](CNC(=O)C(Cc2c[nH]c3ccccc23)NS(=O)(=O)c2ccc3ccccc3c2)C1. The van der Waals surface area contributed by atoms with Crippen LogP contribution in [-0.4, -0.2) is 68.6 Å². The molecule has 6 N–H and O–H groups in total. The van der Waals surface area contributed by atoms with Crippen LogP contribution in [0, 0.1) is 5.41 Å². The molecule has 3 aromatic carbocycles. The van der Waals surface area contributed by atoms with E-state index in [1.807, 2.05) is 48.5 Å². The molecule has 1 aromatic heterocycles. The first-order chi connectivity index (χ1) is 18.3. The minimum atomic E-state index is -4.02. The maximum absolute atomic E-state index is 13.4. The third-order valence-corrected chi connectivity index (χ3v) is 8.20. The Morgan fingerprint density at radius 3 is 2.71 bits per heavy atom. The van der Waals surface area contributed by atoms with Gasteiger partial charge in [0.25, 0.3) is 0 Å². The van der Waals surface area contributed by atoms with Gasteiger partial charge in [-0.25, -0.2) is 8.42 Å². The maximum atomic E-state index is 13.4. The fraction of sp³-hybridized carbons (Fsp3) is 0.259. The molecule has 198 valence electrons. The molecule has 1 unspecified atom stereocenters. The molecule has 1 aliphatic rings. The van der Waals surface area contributed by atoms with Crippen LogP contribution in [0.4, 0.5) is 0 Å². The molecule has 0 radical (unpaired) electrons. The fourth-order valence-corrected chi connectivity index (χ4v) is 5.93. The van der Waals surface area contributed by atoms with Gasteiger partial charge in [0.1, 0.15) is 6.04 Å². The zero-order valence-corrected chi connectivity index (χ0v) is 21.5. The van der Waals surface area contributed by atoms with Crippen molar-refractivity contribution in [2.45, 2.75) is 23.5 Å². The summed E-state index contributed by atoms with van der Waals surface area (Å²) in [7, 11) is -4.02. The van der Waals surface area contributed by atoms with Crippen LogP contribution in [0.2, 0.25) is 0 Å². The molecule has 0 spiro atoms. The van der Waals surface area contributed by atoms with E-state index < -0.39 is 22.0 Å². The van der Waals surface area contributed by atoms with E-state index in [-0.39, 0.29) is 29.9 Å². The van der Waals surface area contributed by atoms with Gasteiger partial charge in [-0.2, -0.15) is 4.72 Å². The van der Waals surface area contributed by atoms with Crippen LogP contribution in [0.5, 0.6) is 0 Å². The van der Waals surface area contributed by atoms with Gasteiger partial charge in [-0.05, 0) is 41.0 Å². The van der Waals surface area contributed by atoms with Crippen molar-refractivity contribution in [3.8, 4) is 0 Å². The number of nitrogens with two attached hydrogens (primary N) is 1. The third-order valence-electron chi connectivity index (χ3n) is 6.73. The van der Waals surface area contributed by atoms with Crippen molar-refractivity contribution in [1.82, 2.24) is 19.9 Å². The summed E-state index contributed by atoms with van der Waals surface area (Å²) in [5.41, 5.74) is 7.32. The summed E-state index contributed by atoms with van der Waals surface area (Å²) >= 11 is 0. The second kappa shape index (κ2) is 10.8. The largest absolute Gasteiger partial charge is 0.373 e. The van der Waals surface area contributed by atoms with Crippen molar-refractivity contribution in [3.63, 3.8) is 0 Å². The average molecular weight is 535 g/mol. The van der Waals surface area contributed by atoms with Crippen molar-refractivity contribution in [1.29, 1.82) is 5.41 Å². The first-order valence-corrected chi connectivity index (χ1v) is 13.8. The van der Waals surface area contributed by atoms with E-state index in [2.05, 4.69) is 15.0 Å². The van der Waals surface area contributed by atoms with Crippen LogP contribution in [0.15, 0.2) is 77.8 Å². The number of carbonyl (C=O) groups excluding carboxylic acids is 1. The van der Waals surface area contributed by atoms with Gasteiger partial charge in [0.2, 0.25) is 15.9 Å². The van der Waals surface area contributed by atoms with Crippen molar-refractivity contribution < 1.29 is 17.9 Å². The van der Waals surface area contributed by atoms with E-state index in [0.29, 0.717) is 19.7 Å². The second-order valence-electron chi connectivity index (χ2n) is 9.32. The molecular weight excluding hydrogens is 504 g/mol. The topological polar surface area (TPSA) is 153 Å². The normalized spacial score (nSPS) is 16.9. The fourth-order valence-electron chi connectivity index (χ4n) is 4.70.